The maximum Gasteiger partial charge on any atom is 0.416 e. The maximum absolute atomic E-state index is 12.6. The van der Waals surface area contributed by atoms with E-state index in [4.69, 9.17) is 9.47 Å². The van der Waals surface area contributed by atoms with Crippen LogP contribution in [0.1, 0.15) is 11.1 Å². The van der Waals surface area contributed by atoms with E-state index >= 15 is 0 Å². The van der Waals surface area contributed by atoms with Crippen LogP contribution in [0.5, 0.6) is 11.5 Å². The summed E-state index contributed by atoms with van der Waals surface area (Å²) in [5.74, 6) is -0.943. The molecule has 0 atom stereocenters. The van der Waals surface area contributed by atoms with Crippen LogP contribution < -0.4 is 14.8 Å². The van der Waals surface area contributed by atoms with Crippen molar-refractivity contribution in [3.63, 3.8) is 0 Å². The van der Waals surface area contributed by atoms with Gasteiger partial charge >= 0.3 is 6.18 Å². The van der Waals surface area contributed by atoms with Gasteiger partial charge in [0.05, 0.1) is 19.8 Å². The fourth-order valence-corrected chi connectivity index (χ4v) is 2.28. The highest BCUT2D eigenvalue weighted by atomic mass is 19.4. The van der Waals surface area contributed by atoms with E-state index in [0.717, 1.165) is 24.3 Å². The number of aliphatic hydroxyl groups is 1. The molecule has 0 spiro atoms. The van der Waals surface area contributed by atoms with Gasteiger partial charge in [0.25, 0.3) is 5.91 Å². The van der Waals surface area contributed by atoms with Gasteiger partial charge in [-0.2, -0.15) is 18.4 Å². The van der Waals surface area contributed by atoms with Crippen LogP contribution in [0, 0.1) is 11.3 Å². The number of rotatable bonds is 5. The molecule has 0 saturated heterocycles. The van der Waals surface area contributed by atoms with Crippen molar-refractivity contribution in [3.05, 3.63) is 59.2 Å². The molecule has 0 heterocycles. The molecule has 6 nitrogen and oxygen atoms in total. The summed E-state index contributed by atoms with van der Waals surface area (Å²) in [4.78, 5) is 12.3. The number of hydrogen-bond donors (Lipinski definition) is 2. The second kappa shape index (κ2) is 8.35. The van der Waals surface area contributed by atoms with Crippen LogP contribution >= 0.6 is 0 Å². The number of nitrogens with one attached hydrogen (secondary N) is 1. The van der Waals surface area contributed by atoms with E-state index in [-0.39, 0.29) is 17.0 Å². The normalized spacial score (nSPS) is 11.9. The van der Waals surface area contributed by atoms with Crippen LogP contribution in [-0.4, -0.2) is 25.2 Å². The van der Waals surface area contributed by atoms with Gasteiger partial charge in [0.1, 0.15) is 11.8 Å². The van der Waals surface area contributed by atoms with Crippen LogP contribution in [0.4, 0.5) is 18.9 Å². The summed E-state index contributed by atoms with van der Waals surface area (Å²) in [5.41, 5.74) is -1.34. The molecule has 2 rings (SSSR count). The van der Waals surface area contributed by atoms with Crippen molar-refractivity contribution in [3.8, 4) is 17.6 Å². The van der Waals surface area contributed by atoms with Crippen molar-refractivity contribution in [2.24, 2.45) is 0 Å². The molecule has 0 saturated carbocycles. The predicted molar refractivity (Wildman–Crippen MR) is 94.8 cm³/mol. The van der Waals surface area contributed by atoms with Gasteiger partial charge in [-0.15, -0.1) is 0 Å². The summed E-state index contributed by atoms with van der Waals surface area (Å²) in [7, 11) is 2.80. The summed E-state index contributed by atoms with van der Waals surface area (Å²) in [6, 6.07) is 9.53. The van der Waals surface area contributed by atoms with Gasteiger partial charge in [0.2, 0.25) is 0 Å². The highest BCUT2D eigenvalue weighted by molar-refractivity contribution is 6.11. The van der Waals surface area contributed by atoms with Gasteiger partial charge in [0.15, 0.2) is 17.1 Å². The molecular formula is C19H15F3N2O4. The maximum atomic E-state index is 12.6. The second-order valence-corrected chi connectivity index (χ2v) is 5.43. The van der Waals surface area contributed by atoms with E-state index in [0.29, 0.717) is 5.75 Å². The average Bonchev–Trinajstić information content (AvgIpc) is 2.67. The molecule has 2 aromatic rings. The van der Waals surface area contributed by atoms with Gasteiger partial charge in [-0.3, -0.25) is 4.79 Å². The van der Waals surface area contributed by atoms with Crippen molar-refractivity contribution < 1.29 is 32.5 Å². The number of benzene rings is 2. The van der Waals surface area contributed by atoms with Gasteiger partial charge in [-0.1, -0.05) is 0 Å². The highest BCUT2D eigenvalue weighted by Crippen LogP contribution is 2.31. The molecule has 146 valence electrons. The van der Waals surface area contributed by atoms with E-state index < -0.39 is 29.0 Å². The van der Waals surface area contributed by atoms with Crippen LogP contribution in [0.2, 0.25) is 0 Å². The lowest BCUT2D eigenvalue weighted by molar-refractivity contribution is -0.137. The van der Waals surface area contributed by atoms with Crippen molar-refractivity contribution in [2.45, 2.75) is 6.18 Å². The monoisotopic (exact) mass is 392 g/mol. The minimum atomic E-state index is -4.51. The number of amides is 1. The quantitative estimate of drug-likeness (QED) is 0.453. The Balaban J connectivity index is 2.30. The number of hydrogen-bond acceptors (Lipinski definition) is 5. The number of methoxy groups -OCH3 is 2. The summed E-state index contributed by atoms with van der Waals surface area (Å²) < 4.78 is 47.9. The Morgan fingerprint density at radius 3 is 2.18 bits per heavy atom. The summed E-state index contributed by atoms with van der Waals surface area (Å²) in [5, 5.41) is 21.8. The molecule has 0 unspecified atom stereocenters. The molecule has 0 aliphatic heterocycles. The first-order chi connectivity index (χ1) is 13.2. The van der Waals surface area contributed by atoms with Gasteiger partial charge in [0, 0.05) is 11.3 Å². The lowest BCUT2D eigenvalue weighted by atomic mass is 10.1. The second-order valence-electron chi connectivity index (χ2n) is 5.43. The van der Waals surface area contributed by atoms with Gasteiger partial charge in [-0.05, 0) is 42.5 Å². The van der Waals surface area contributed by atoms with Crippen molar-refractivity contribution >= 4 is 17.4 Å². The Labute approximate surface area is 158 Å². The first-order valence-electron chi connectivity index (χ1n) is 7.75. The third-order valence-electron chi connectivity index (χ3n) is 3.70. The first kappa shape index (κ1) is 20.6. The van der Waals surface area contributed by atoms with E-state index in [2.05, 4.69) is 5.32 Å². The highest BCUT2D eigenvalue weighted by Gasteiger charge is 2.30. The zero-order valence-corrected chi connectivity index (χ0v) is 14.8. The number of anilines is 1. The molecule has 0 fully saturated rings. The Morgan fingerprint density at radius 1 is 1.07 bits per heavy atom. The molecule has 28 heavy (non-hydrogen) atoms. The summed E-state index contributed by atoms with van der Waals surface area (Å²) in [6.07, 6.45) is -4.51. The number of halogens is 3. The topological polar surface area (TPSA) is 91.6 Å². The minimum Gasteiger partial charge on any atom is -0.506 e. The molecule has 1 amide bonds. The third-order valence-corrected chi connectivity index (χ3v) is 3.70. The van der Waals surface area contributed by atoms with E-state index in [1.807, 2.05) is 0 Å². The van der Waals surface area contributed by atoms with Crippen LogP contribution in [0.3, 0.4) is 0 Å². The lowest BCUT2D eigenvalue weighted by Gasteiger charge is -2.11. The van der Waals surface area contributed by atoms with Crippen LogP contribution in [-0.2, 0) is 11.0 Å². The molecule has 0 aromatic heterocycles. The van der Waals surface area contributed by atoms with Crippen molar-refractivity contribution in [2.75, 3.05) is 19.5 Å². The molecule has 0 radical (unpaired) electrons. The standard InChI is InChI=1S/C19H15F3N2O4/c1-27-15-8-3-11(9-16(15)28-2)17(25)14(10-23)18(26)24-13-6-4-12(5-7-13)19(20,21)22/h3-9,25H,1-2H3,(H,24,26)/b17-14-. The largest absolute Gasteiger partial charge is 0.506 e. The Morgan fingerprint density at radius 2 is 1.68 bits per heavy atom. The van der Waals surface area contributed by atoms with Crippen molar-refractivity contribution in [1.82, 2.24) is 0 Å². The number of nitriles is 1. The van der Waals surface area contributed by atoms with Crippen LogP contribution in [0.15, 0.2) is 48.0 Å². The fourth-order valence-electron chi connectivity index (χ4n) is 2.28. The Hall–Kier alpha value is -3.67. The third kappa shape index (κ3) is 4.54. The van der Waals surface area contributed by atoms with E-state index in [1.54, 1.807) is 6.07 Å². The SMILES string of the molecule is COc1ccc(/C(O)=C(\C#N)C(=O)Nc2ccc(C(F)(F)F)cc2)cc1OC. The van der Waals surface area contributed by atoms with E-state index in [1.165, 1.54) is 32.4 Å². The summed E-state index contributed by atoms with van der Waals surface area (Å²) in [6.45, 7) is 0. The lowest BCUT2D eigenvalue weighted by Crippen LogP contribution is -2.15. The van der Waals surface area contributed by atoms with E-state index in [9.17, 15) is 28.3 Å². The average molecular weight is 392 g/mol. The van der Waals surface area contributed by atoms with Gasteiger partial charge in [-0.25, -0.2) is 0 Å². The number of nitrogens with zero attached hydrogens (tertiary/aromatic N) is 1. The van der Waals surface area contributed by atoms with Crippen LogP contribution in [0.25, 0.3) is 5.76 Å². The zero-order valence-electron chi connectivity index (χ0n) is 14.8. The minimum absolute atomic E-state index is 0.0332. The number of carbonyl (C=O) groups is 1. The predicted octanol–water partition coefficient (Wildman–Crippen LogP) is 4.15. The molecular weight excluding hydrogens is 377 g/mol. The Kier molecular flexibility index (Phi) is 6.15. The molecule has 9 heteroatoms. The first-order valence-corrected chi connectivity index (χ1v) is 7.75. The number of carbonyl (C=O) groups excluding carboxylic acids is 1. The smallest absolute Gasteiger partial charge is 0.416 e. The number of ether oxygens (including phenoxy) is 2. The molecule has 0 aliphatic carbocycles. The Bertz CT molecular complexity index is 945. The van der Waals surface area contributed by atoms with Crippen molar-refractivity contribution in [1.29, 1.82) is 5.26 Å². The molecule has 0 aliphatic rings. The molecule has 0 bridgehead atoms. The zero-order chi connectivity index (χ0) is 20.9. The number of aliphatic hydroxyl groups excluding tert-OH is 1. The van der Waals surface area contributed by atoms with Gasteiger partial charge < -0.3 is 19.9 Å². The fraction of sp³-hybridized carbons (Fsp3) is 0.158. The summed E-state index contributed by atoms with van der Waals surface area (Å²) >= 11 is 0. The number of alkyl halides is 3. The molecule has 2 aromatic carbocycles. The molecule has 2 N–H and O–H groups in total.